The van der Waals surface area contributed by atoms with Crippen LogP contribution in [0.4, 0.5) is 0 Å². The van der Waals surface area contributed by atoms with Crippen LogP contribution in [0.3, 0.4) is 0 Å². The van der Waals surface area contributed by atoms with Gasteiger partial charge < -0.3 is 13.9 Å². The quantitative estimate of drug-likeness (QED) is 0.145. The first-order valence-electron chi connectivity index (χ1n) is 14.1. The van der Waals surface area contributed by atoms with Crippen molar-refractivity contribution in [3.63, 3.8) is 0 Å². The second-order valence-electron chi connectivity index (χ2n) is 11.6. The monoisotopic (exact) mass is 550 g/mol. The van der Waals surface area contributed by atoms with Crippen LogP contribution in [0.2, 0.25) is 18.1 Å². The zero-order valence-corrected chi connectivity index (χ0v) is 26.0. The molecule has 4 heteroatoms. The van der Waals surface area contributed by atoms with Crippen LogP contribution >= 0.6 is 0 Å². The lowest BCUT2D eigenvalue weighted by Crippen LogP contribution is -2.43. The summed E-state index contributed by atoms with van der Waals surface area (Å²) in [7, 11) is -0.236. The lowest BCUT2D eigenvalue weighted by molar-refractivity contribution is 0.306. The van der Waals surface area contributed by atoms with Crippen molar-refractivity contribution < 1.29 is 13.9 Å². The summed E-state index contributed by atoms with van der Waals surface area (Å²) in [6, 6.07) is 35.7. The highest BCUT2D eigenvalue weighted by molar-refractivity contribution is 6.74. The van der Waals surface area contributed by atoms with Crippen LogP contribution in [-0.2, 0) is 6.61 Å². The number of hydrogen-bond donors (Lipinski definition) is 0. The number of hydrogen-bond acceptors (Lipinski definition) is 3. The lowest BCUT2D eigenvalue weighted by atomic mass is 9.88. The minimum Gasteiger partial charge on any atom is -0.544 e. The zero-order valence-electron chi connectivity index (χ0n) is 25.0. The van der Waals surface area contributed by atoms with Gasteiger partial charge in [0, 0.05) is 0 Å². The summed E-state index contributed by atoms with van der Waals surface area (Å²) in [5.74, 6) is 2.63. The minimum absolute atomic E-state index is 0.149. The van der Waals surface area contributed by atoms with Crippen molar-refractivity contribution in [3.05, 3.63) is 125 Å². The predicted octanol–water partition coefficient (Wildman–Crippen LogP) is 10.0. The first-order valence-corrected chi connectivity index (χ1v) is 17.0. The molecule has 0 spiro atoms. The number of methoxy groups -OCH3 is 1. The van der Waals surface area contributed by atoms with Gasteiger partial charge >= 0.3 is 0 Å². The molecular weight excluding hydrogens is 508 g/mol. The molecule has 4 aromatic carbocycles. The maximum Gasteiger partial charge on any atom is 0.250 e. The maximum absolute atomic E-state index is 6.57. The molecule has 0 saturated heterocycles. The van der Waals surface area contributed by atoms with Gasteiger partial charge in [-0.25, -0.2) is 0 Å². The van der Waals surface area contributed by atoms with Crippen LogP contribution in [0.15, 0.2) is 103 Å². The van der Waals surface area contributed by atoms with Crippen molar-refractivity contribution in [1.82, 2.24) is 0 Å². The van der Waals surface area contributed by atoms with E-state index in [2.05, 4.69) is 120 Å². The Morgan fingerprint density at radius 2 is 1.18 bits per heavy atom. The first-order chi connectivity index (χ1) is 19.1. The van der Waals surface area contributed by atoms with E-state index in [-0.39, 0.29) is 5.04 Å². The molecule has 0 unspecified atom stereocenters. The van der Waals surface area contributed by atoms with Crippen molar-refractivity contribution in [3.8, 4) is 17.2 Å². The summed E-state index contributed by atoms with van der Waals surface area (Å²) < 4.78 is 17.9. The third-order valence-electron chi connectivity index (χ3n) is 7.81. The number of rotatable bonds is 10. The molecule has 0 aliphatic heterocycles. The Balaban J connectivity index is 1.65. The molecular formula is C36H42O3Si. The molecule has 0 bridgehead atoms. The Morgan fingerprint density at radius 1 is 0.650 bits per heavy atom. The molecule has 208 valence electrons. The molecule has 0 fully saturated rings. The van der Waals surface area contributed by atoms with E-state index in [4.69, 9.17) is 13.9 Å². The number of ether oxygens (including phenoxy) is 2. The highest BCUT2D eigenvalue weighted by Crippen LogP contribution is 2.39. The molecule has 0 amide bonds. The second-order valence-corrected chi connectivity index (χ2v) is 16.3. The summed E-state index contributed by atoms with van der Waals surface area (Å²) in [4.78, 5) is 0. The topological polar surface area (TPSA) is 27.7 Å². The molecule has 0 aromatic heterocycles. The van der Waals surface area contributed by atoms with Gasteiger partial charge in [-0.3, -0.25) is 0 Å². The summed E-state index contributed by atoms with van der Waals surface area (Å²) in [6.45, 7) is 14.1. The van der Waals surface area contributed by atoms with Gasteiger partial charge in [0.15, 0.2) is 0 Å². The Kier molecular flexibility index (Phi) is 9.21. The highest BCUT2D eigenvalue weighted by atomic mass is 28.4. The molecule has 4 rings (SSSR count). The van der Waals surface area contributed by atoms with E-state index < -0.39 is 8.32 Å². The first kappa shape index (κ1) is 29.2. The average molecular weight is 551 g/mol. The Labute approximate surface area is 241 Å². The van der Waals surface area contributed by atoms with Gasteiger partial charge in [-0.15, -0.1) is 0 Å². The minimum atomic E-state index is -1.91. The molecule has 0 heterocycles. The Morgan fingerprint density at radius 3 is 1.68 bits per heavy atom. The van der Waals surface area contributed by atoms with Crippen molar-refractivity contribution in [2.24, 2.45) is 0 Å². The van der Waals surface area contributed by atoms with Gasteiger partial charge in [0.1, 0.15) is 23.9 Å². The molecule has 40 heavy (non-hydrogen) atoms. The molecule has 0 aliphatic carbocycles. The molecule has 0 radical (unpaired) electrons. The molecule has 0 N–H and O–H groups in total. The van der Waals surface area contributed by atoms with Crippen LogP contribution in [0.5, 0.6) is 17.2 Å². The van der Waals surface area contributed by atoms with E-state index in [1.165, 1.54) is 22.3 Å². The normalized spacial score (nSPS) is 12.5. The van der Waals surface area contributed by atoms with Crippen LogP contribution in [0, 0.1) is 0 Å². The van der Waals surface area contributed by atoms with E-state index in [1.807, 2.05) is 24.3 Å². The van der Waals surface area contributed by atoms with Crippen molar-refractivity contribution in [2.75, 3.05) is 7.11 Å². The van der Waals surface area contributed by atoms with E-state index in [1.54, 1.807) is 7.11 Å². The Hall–Kier alpha value is -3.76. The molecule has 0 atom stereocenters. The maximum atomic E-state index is 6.57. The van der Waals surface area contributed by atoms with Gasteiger partial charge in [-0.05, 0) is 94.4 Å². The highest BCUT2D eigenvalue weighted by Gasteiger charge is 2.38. The predicted molar refractivity (Wildman–Crippen MR) is 171 cm³/mol. The van der Waals surface area contributed by atoms with E-state index in [9.17, 15) is 0 Å². The smallest absolute Gasteiger partial charge is 0.250 e. The van der Waals surface area contributed by atoms with Gasteiger partial charge in [-0.1, -0.05) is 94.4 Å². The molecule has 4 aromatic rings. The van der Waals surface area contributed by atoms with Crippen LogP contribution < -0.4 is 13.9 Å². The fraction of sp³-hybridized carbons (Fsp3) is 0.278. The molecule has 0 aliphatic rings. The SMILES string of the molecule is CC/C(=C(\c1ccc(OCc2ccc(OC)cc2)cc1)c1ccc(O[Si](C)(C)C(C)(C)C)cc1)c1ccccc1. The zero-order chi connectivity index (χ0) is 28.8. The van der Waals surface area contributed by atoms with Crippen molar-refractivity contribution >= 4 is 19.5 Å². The molecule has 0 saturated carbocycles. The summed E-state index contributed by atoms with van der Waals surface area (Å²) in [6.07, 6.45) is 0.914. The summed E-state index contributed by atoms with van der Waals surface area (Å²) in [5, 5.41) is 0.149. The largest absolute Gasteiger partial charge is 0.544 e. The summed E-state index contributed by atoms with van der Waals surface area (Å²) in [5.41, 5.74) is 7.22. The van der Waals surface area contributed by atoms with Crippen molar-refractivity contribution in [1.29, 1.82) is 0 Å². The summed E-state index contributed by atoms with van der Waals surface area (Å²) >= 11 is 0. The Bertz CT molecular complexity index is 1400. The van der Waals surface area contributed by atoms with Crippen LogP contribution in [0.1, 0.15) is 56.4 Å². The van der Waals surface area contributed by atoms with Crippen LogP contribution in [-0.4, -0.2) is 15.4 Å². The van der Waals surface area contributed by atoms with E-state index in [0.717, 1.165) is 34.8 Å². The third kappa shape index (κ3) is 7.05. The fourth-order valence-corrected chi connectivity index (χ4v) is 5.45. The van der Waals surface area contributed by atoms with E-state index >= 15 is 0 Å². The number of benzene rings is 4. The van der Waals surface area contributed by atoms with Crippen molar-refractivity contribution in [2.45, 2.75) is 58.9 Å². The van der Waals surface area contributed by atoms with Gasteiger partial charge in [0.25, 0.3) is 0 Å². The van der Waals surface area contributed by atoms with E-state index in [0.29, 0.717) is 6.61 Å². The number of allylic oxidation sites excluding steroid dienone is 1. The van der Waals surface area contributed by atoms with Gasteiger partial charge in [0.05, 0.1) is 7.11 Å². The third-order valence-corrected chi connectivity index (χ3v) is 12.2. The van der Waals surface area contributed by atoms with Gasteiger partial charge in [0.2, 0.25) is 8.32 Å². The standard InChI is InChI=1S/C36H42O3Si/c1-8-34(28-12-10-9-11-13-28)35(30-18-24-33(25-19-30)39-40(6,7)36(2,3)4)29-16-22-32(23-17-29)38-26-27-14-20-31(37-5)21-15-27/h9-25H,8,26H2,1-7H3/b35-34-. The fourth-order valence-electron chi connectivity index (χ4n) is 4.42. The molecule has 3 nitrogen and oxygen atoms in total. The van der Waals surface area contributed by atoms with Crippen LogP contribution in [0.25, 0.3) is 11.1 Å². The average Bonchev–Trinajstić information content (AvgIpc) is 2.96. The second kappa shape index (κ2) is 12.6. The van der Waals surface area contributed by atoms with Gasteiger partial charge in [-0.2, -0.15) is 0 Å². The lowest BCUT2D eigenvalue weighted by Gasteiger charge is -2.36.